The Bertz CT molecular complexity index is 674. The van der Waals surface area contributed by atoms with Crippen LogP contribution in [0.2, 0.25) is 5.02 Å². The molecule has 0 heterocycles. The predicted molar refractivity (Wildman–Crippen MR) is 83.4 cm³/mol. The minimum Gasteiger partial charge on any atom is -0.352 e. The van der Waals surface area contributed by atoms with Crippen molar-refractivity contribution in [2.75, 3.05) is 18.6 Å². The maximum Gasteiger partial charge on any atom is 0.251 e. The van der Waals surface area contributed by atoms with Crippen LogP contribution in [0.4, 0.5) is 0 Å². The molecule has 0 aliphatic rings. The first-order chi connectivity index (χ1) is 9.62. The van der Waals surface area contributed by atoms with Gasteiger partial charge >= 0.3 is 0 Å². The summed E-state index contributed by atoms with van der Waals surface area (Å²) >= 11 is 5.89. The van der Waals surface area contributed by atoms with E-state index in [-0.39, 0.29) is 15.5 Å². The van der Waals surface area contributed by atoms with Crippen LogP contribution in [-0.2, 0) is 20.8 Å². The smallest absolute Gasteiger partial charge is 0.251 e. The molecule has 0 fully saturated rings. The fourth-order valence-electron chi connectivity index (χ4n) is 1.65. The van der Waals surface area contributed by atoms with Gasteiger partial charge in [0.2, 0.25) is 10.0 Å². The number of carbonyl (C=O) groups is 1. The number of halogens is 1. The zero-order chi connectivity index (χ0) is 16.2. The molecule has 0 saturated heterocycles. The molecule has 0 bridgehead atoms. The summed E-state index contributed by atoms with van der Waals surface area (Å²) in [6.07, 6.45) is 2.16. The predicted octanol–water partition coefficient (Wildman–Crippen LogP) is 0.794. The Morgan fingerprint density at radius 2 is 2.05 bits per heavy atom. The second kappa shape index (κ2) is 7.35. The first-order valence-electron chi connectivity index (χ1n) is 6.04. The summed E-state index contributed by atoms with van der Waals surface area (Å²) in [4.78, 5) is 11.7. The number of aryl methyl sites for hydroxylation is 1. The van der Waals surface area contributed by atoms with Gasteiger partial charge in [-0.1, -0.05) is 11.6 Å². The van der Waals surface area contributed by atoms with Crippen LogP contribution in [0.15, 0.2) is 17.0 Å². The summed E-state index contributed by atoms with van der Waals surface area (Å²) < 4.78 is 33.8. The highest BCUT2D eigenvalue weighted by Gasteiger charge is 2.18. The normalized spacial score (nSPS) is 13.0. The molecule has 0 aliphatic carbocycles. The number of hydrogen-bond acceptors (Lipinski definition) is 4. The van der Waals surface area contributed by atoms with Gasteiger partial charge < -0.3 is 5.32 Å². The molecule has 0 saturated carbocycles. The molecule has 1 atom stereocenters. The lowest BCUT2D eigenvalue weighted by Crippen LogP contribution is -2.26. The molecule has 0 radical (unpaired) electrons. The molecule has 21 heavy (non-hydrogen) atoms. The third-order valence-electron chi connectivity index (χ3n) is 2.68. The Kier molecular flexibility index (Phi) is 6.33. The van der Waals surface area contributed by atoms with Crippen molar-refractivity contribution >= 4 is 38.3 Å². The Labute approximate surface area is 131 Å². The van der Waals surface area contributed by atoms with Crippen LogP contribution in [0.25, 0.3) is 0 Å². The molecule has 0 spiro atoms. The van der Waals surface area contributed by atoms with Gasteiger partial charge in [-0.3, -0.25) is 9.00 Å². The summed E-state index contributed by atoms with van der Waals surface area (Å²) in [6.45, 7) is 1.94. The van der Waals surface area contributed by atoms with E-state index in [0.29, 0.717) is 24.3 Å². The van der Waals surface area contributed by atoms with Gasteiger partial charge in [-0.2, -0.15) is 0 Å². The fraction of sp³-hybridized carbons (Fsp3) is 0.417. The first kappa shape index (κ1) is 18.1. The highest BCUT2D eigenvalue weighted by atomic mass is 35.5. The van der Waals surface area contributed by atoms with Crippen molar-refractivity contribution in [2.45, 2.75) is 18.2 Å². The lowest BCUT2D eigenvalue weighted by molar-refractivity contribution is 0.0953. The number of sulfonamides is 1. The fourth-order valence-corrected chi connectivity index (χ4v) is 3.34. The molecule has 1 aromatic carbocycles. The Morgan fingerprint density at radius 3 is 2.57 bits per heavy atom. The number of amides is 1. The van der Waals surface area contributed by atoms with Gasteiger partial charge in [-0.15, -0.1) is 0 Å². The summed E-state index contributed by atoms with van der Waals surface area (Å²) in [5, 5.41) is 7.71. The van der Waals surface area contributed by atoms with E-state index in [0.717, 1.165) is 6.07 Å². The van der Waals surface area contributed by atoms with Crippen molar-refractivity contribution in [2.24, 2.45) is 5.14 Å². The van der Waals surface area contributed by atoms with Crippen molar-refractivity contribution in [3.8, 4) is 0 Å². The average Bonchev–Trinajstić information content (AvgIpc) is 2.35. The van der Waals surface area contributed by atoms with Gasteiger partial charge in [0, 0.05) is 34.9 Å². The minimum absolute atomic E-state index is 0.00966. The van der Waals surface area contributed by atoms with Gasteiger partial charge in [0.05, 0.1) is 5.02 Å². The number of primary sulfonamides is 1. The zero-order valence-electron chi connectivity index (χ0n) is 11.7. The van der Waals surface area contributed by atoms with Gasteiger partial charge in [0.25, 0.3) is 5.91 Å². The first-order valence-corrected chi connectivity index (χ1v) is 9.69. The number of carbonyl (C=O) groups excluding carboxylic acids is 1. The second-order valence-electron chi connectivity index (χ2n) is 4.54. The molecule has 0 aliphatic heterocycles. The van der Waals surface area contributed by atoms with Gasteiger partial charge in [0.1, 0.15) is 4.90 Å². The molecule has 1 unspecified atom stereocenters. The molecule has 1 rings (SSSR count). The summed E-state index contributed by atoms with van der Waals surface area (Å²) in [5.41, 5.74) is 0.613. The lowest BCUT2D eigenvalue weighted by atomic mass is 10.1. The monoisotopic (exact) mass is 352 g/mol. The van der Waals surface area contributed by atoms with E-state index in [4.69, 9.17) is 16.7 Å². The number of nitrogens with two attached hydrogens (primary N) is 1. The van der Waals surface area contributed by atoms with Crippen LogP contribution in [0, 0.1) is 6.92 Å². The SMILES string of the molecule is Cc1cc(C(=O)NCCCS(C)=O)cc(S(N)(=O)=O)c1Cl. The maximum absolute atomic E-state index is 12.0. The number of rotatable bonds is 6. The van der Waals surface area contributed by atoms with E-state index in [1.807, 2.05) is 0 Å². The van der Waals surface area contributed by atoms with E-state index < -0.39 is 26.7 Å². The van der Waals surface area contributed by atoms with Crippen LogP contribution < -0.4 is 10.5 Å². The Hall–Kier alpha value is -0.960. The standard InChI is InChI=1S/C12H17ClN2O4S2/c1-8-6-9(7-10(11(8)13)21(14,18)19)12(16)15-4-3-5-20(2)17/h6-7H,3-5H2,1-2H3,(H,15,16)(H2,14,18,19). The average molecular weight is 353 g/mol. The molecule has 3 N–H and O–H groups in total. The molecule has 0 aromatic heterocycles. The van der Waals surface area contributed by atoms with Crippen LogP contribution >= 0.6 is 11.6 Å². The molecular weight excluding hydrogens is 336 g/mol. The van der Waals surface area contributed by atoms with E-state index in [9.17, 15) is 17.4 Å². The highest BCUT2D eigenvalue weighted by molar-refractivity contribution is 7.89. The quantitative estimate of drug-likeness (QED) is 0.738. The van der Waals surface area contributed by atoms with E-state index in [1.54, 1.807) is 13.2 Å². The summed E-state index contributed by atoms with van der Waals surface area (Å²) in [6, 6.07) is 2.64. The lowest BCUT2D eigenvalue weighted by Gasteiger charge is -2.10. The minimum atomic E-state index is -4.00. The van der Waals surface area contributed by atoms with Crippen molar-refractivity contribution < 1.29 is 17.4 Å². The van der Waals surface area contributed by atoms with E-state index >= 15 is 0 Å². The molecule has 1 aromatic rings. The molecule has 118 valence electrons. The van der Waals surface area contributed by atoms with E-state index in [2.05, 4.69) is 5.32 Å². The van der Waals surface area contributed by atoms with Crippen LogP contribution in [0.1, 0.15) is 22.3 Å². The summed E-state index contributed by atoms with van der Waals surface area (Å²) in [5.74, 6) is 0.0593. The highest BCUT2D eigenvalue weighted by Crippen LogP contribution is 2.25. The zero-order valence-corrected chi connectivity index (χ0v) is 14.1. The largest absolute Gasteiger partial charge is 0.352 e. The topological polar surface area (TPSA) is 106 Å². The molecule has 1 amide bonds. The van der Waals surface area contributed by atoms with Gasteiger partial charge in [-0.05, 0) is 31.0 Å². The van der Waals surface area contributed by atoms with Crippen molar-refractivity contribution in [3.05, 3.63) is 28.3 Å². The van der Waals surface area contributed by atoms with Crippen molar-refractivity contribution in [1.82, 2.24) is 5.32 Å². The number of hydrogen-bond donors (Lipinski definition) is 2. The summed E-state index contributed by atoms with van der Waals surface area (Å²) in [7, 11) is -4.91. The molecular formula is C12H17ClN2O4S2. The second-order valence-corrected chi connectivity index (χ2v) is 8.00. The number of benzene rings is 1. The Balaban J connectivity index is 2.91. The van der Waals surface area contributed by atoms with E-state index in [1.165, 1.54) is 6.07 Å². The third kappa shape index (κ3) is 5.39. The van der Waals surface area contributed by atoms with Crippen LogP contribution in [-0.4, -0.2) is 37.1 Å². The Morgan fingerprint density at radius 1 is 1.43 bits per heavy atom. The molecule has 9 heteroatoms. The number of nitrogens with one attached hydrogen (secondary N) is 1. The third-order valence-corrected chi connectivity index (χ3v) is 5.10. The molecule has 6 nitrogen and oxygen atoms in total. The van der Waals surface area contributed by atoms with Crippen LogP contribution in [0.5, 0.6) is 0 Å². The van der Waals surface area contributed by atoms with Gasteiger partial charge in [-0.25, -0.2) is 13.6 Å². The van der Waals surface area contributed by atoms with Crippen LogP contribution in [0.3, 0.4) is 0 Å². The maximum atomic E-state index is 12.0. The van der Waals surface area contributed by atoms with Crippen molar-refractivity contribution in [3.63, 3.8) is 0 Å². The van der Waals surface area contributed by atoms with Gasteiger partial charge in [0.15, 0.2) is 0 Å². The van der Waals surface area contributed by atoms with Crippen molar-refractivity contribution in [1.29, 1.82) is 0 Å².